The molecule has 0 aliphatic carbocycles. The maximum absolute atomic E-state index is 12.9. The van der Waals surface area contributed by atoms with E-state index >= 15 is 0 Å². The summed E-state index contributed by atoms with van der Waals surface area (Å²) >= 11 is 0. The van der Waals surface area contributed by atoms with Crippen molar-refractivity contribution >= 4 is 11.7 Å². The van der Waals surface area contributed by atoms with Gasteiger partial charge in [0.1, 0.15) is 11.6 Å². The number of H-pyrrole nitrogens is 1. The molecule has 1 aromatic heterocycles. The summed E-state index contributed by atoms with van der Waals surface area (Å²) in [5.41, 5.74) is 0.990. The Balaban J connectivity index is 1.74. The van der Waals surface area contributed by atoms with Crippen LogP contribution in [0, 0.1) is 5.82 Å². The summed E-state index contributed by atoms with van der Waals surface area (Å²) in [4.78, 5) is 11.7. The van der Waals surface area contributed by atoms with E-state index in [1.807, 2.05) is 6.07 Å². The van der Waals surface area contributed by atoms with Gasteiger partial charge in [-0.05, 0) is 18.6 Å². The maximum atomic E-state index is 12.9. The van der Waals surface area contributed by atoms with Gasteiger partial charge in [0, 0.05) is 17.8 Å². The third kappa shape index (κ3) is 4.91. The van der Waals surface area contributed by atoms with Gasteiger partial charge in [-0.1, -0.05) is 19.4 Å². The van der Waals surface area contributed by atoms with Crippen LogP contribution in [0.15, 0.2) is 30.3 Å². The second-order valence-electron chi connectivity index (χ2n) is 4.63. The number of aromatic amines is 1. The van der Waals surface area contributed by atoms with Crippen molar-refractivity contribution in [1.29, 1.82) is 0 Å². The molecule has 0 aliphatic rings. The van der Waals surface area contributed by atoms with Gasteiger partial charge >= 0.3 is 0 Å². The predicted molar refractivity (Wildman–Crippen MR) is 77.7 cm³/mol. The molecule has 0 aliphatic heterocycles. The molecule has 2 rings (SSSR count). The molecular weight excluding hydrogens is 273 g/mol. The number of amides is 1. The number of carbonyl (C=O) groups is 1. The molecule has 2 aromatic rings. The second-order valence-corrected chi connectivity index (χ2v) is 4.63. The van der Waals surface area contributed by atoms with Gasteiger partial charge in [-0.25, -0.2) is 4.39 Å². The predicted octanol–water partition coefficient (Wildman–Crippen LogP) is 2.91. The van der Waals surface area contributed by atoms with Crippen LogP contribution in [0.1, 0.15) is 25.5 Å². The quantitative estimate of drug-likeness (QED) is 0.824. The van der Waals surface area contributed by atoms with Crippen LogP contribution < -0.4 is 10.1 Å². The normalized spacial score (nSPS) is 10.4. The van der Waals surface area contributed by atoms with Crippen molar-refractivity contribution in [2.45, 2.75) is 26.2 Å². The van der Waals surface area contributed by atoms with E-state index in [1.54, 1.807) is 12.1 Å². The van der Waals surface area contributed by atoms with Crippen LogP contribution in [-0.2, 0) is 11.2 Å². The van der Waals surface area contributed by atoms with Gasteiger partial charge in [0.25, 0.3) is 0 Å². The van der Waals surface area contributed by atoms with Gasteiger partial charge in [0.2, 0.25) is 5.91 Å². The van der Waals surface area contributed by atoms with E-state index in [0.29, 0.717) is 11.6 Å². The Bertz CT molecular complexity index is 598. The van der Waals surface area contributed by atoms with Crippen LogP contribution in [0.3, 0.4) is 0 Å². The molecule has 1 aromatic carbocycles. The third-order valence-electron chi connectivity index (χ3n) is 2.81. The number of aromatic nitrogens is 2. The van der Waals surface area contributed by atoms with Crippen LogP contribution in [0.5, 0.6) is 5.75 Å². The Kier molecular flexibility index (Phi) is 5.31. The lowest BCUT2D eigenvalue weighted by atomic mass is 10.2. The van der Waals surface area contributed by atoms with E-state index in [4.69, 9.17) is 4.74 Å². The first-order valence-electron chi connectivity index (χ1n) is 6.90. The lowest BCUT2D eigenvalue weighted by Crippen LogP contribution is -2.15. The van der Waals surface area contributed by atoms with Crippen molar-refractivity contribution in [3.63, 3.8) is 0 Å². The summed E-state index contributed by atoms with van der Waals surface area (Å²) in [6, 6.07) is 7.64. The van der Waals surface area contributed by atoms with Gasteiger partial charge in [0.05, 0.1) is 13.0 Å². The summed E-state index contributed by atoms with van der Waals surface area (Å²) in [5, 5.41) is 9.55. The fourth-order valence-electron chi connectivity index (χ4n) is 1.85. The zero-order chi connectivity index (χ0) is 15.1. The average molecular weight is 291 g/mol. The highest BCUT2D eigenvalue weighted by Gasteiger charge is 2.06. The van der Waals surface area contributed by atoms with E-state index in [-0.39, 0.29) is 24.8 Å². The molecule has 1 amide bonds. The fraction of sp³-hybridized carbons (Fsp3) is 0.333. The first kappa shape index (κ1) is 15.0. The lowest BCUT2D eigenvalue weighted by molar-refractivity contribution is -0.116. The smallest absolute Gasteiger partial charge is 0.229 e. The minimum atomic E-state index is -0.364. The van der Waals surface area contributed by atoms with Crippen molar-refractivity contribution in [2.24, 2.45) is 0 Å². The number of benzene rings is 1. The number of rotatable bonds is 7. The molecule has 0 bridgehead atoms. The first-order valence-corrected chi connectivity index (χ1v) is 6.90. The Morgan fingerprint density at radius 3 is 3.05 bits per heavy atom. The number of hydrogen-bond acceptors (Lipinski definition) is 3. The molecule has 0 unspecified atom stereocenters. The van der Waals surface area contributed by atoms with Crippen molar-refractivity contribution < 1.29 is 13.9 Å². The maximum Gasteiger partial charge on any atom is 0.229 e. The second kappa shape index (κ2) is 7.42. The van der Waals surface area contributed by atoms with Gasteiger partial charge in [-0.15, -0.1) is 0 Å². The molecule has 21 heavy (non-hydrogen) atoms. The highest BCUT2D eigenvalue weighted by molar-refractivity contribution is 5.89. The van der Waals surface area contributed by atoms with Crippen molar-refractivity contribution in [3.05, 3.63) is 41.8 Å². The highest BCUT2D eigenvalue weighted by atomic mass is 19.1. The van der Waals surface area contributed by atoms with Crippen LogP contribution in [-0.4, -0.2) is 22.7 Å². The molecule has 0 saturated heterocycles. The van der Waals surface area contributed by atoms with E-state index in [1.165, 1.54) is 12.1 Å². The summed E-state index contributed by atoms with van der Waals surface area (Å²) in [6.45, 7) is 2.25. The molecule has 1 heterocycles. The average Bonchev–Trinajstić information content (AvgIpc) is 2.86. The zero-order valence-corrected chi connectivity index (χ0v) is 11.9. The monoisotopic (exact) mass is 291 g/mol. The molecule has 6 heteroatoms. The number of nitrogens with zero attached hydrogens (tertiary/aromatic N) is 1. The Hall–Kier alpha value is -2.37. The molecule has 0 saturated carbocycles. The molecule has 2 N–H and O–H groups in total. The summed E-state index contributed by atoms with van der Waals surface area (Å²) in [5.74, 6) is 0.361. The SMILES string of the molecule is CCCc1cc(NC(=O)CCOc2cccc(F)c2)n[nH]1. The number of nitrogens with one attached hydrogen (secondary N) is 2. The number of ether oxygens (including phenoxy) is 1. The Morgan fingerprint density at radius 1 is 1.43 bits per heavy atom. The van der Waals surface area contributed by atoms with E-state index in [9.17, 15) is 9.18 Å². The summed E-state index contributed by atoms with van der Waals surface area (Å²) in [7, 11) is 0. The number of hydrogen-bond donors (Lipinski definition) is 2. The van der Waals surface area contributed by atoms with E-state index in [2.05, 4.69) is 22.4 Å². The Morgan fingerprint density at radius 2 is 2.29 bits per heavy atom. The molecule has 0 fully saturated rings. The molecular formula is C15H18FN3O2. The third-order valence-corrected chi connectivity index (χ3v) is 2.81. The topological polar surface area (TPSA) is 67.0 Å². The van der Waals surface area contributed by atoms with E-state index in [0.717, 1.165) is 18.5 Å². The largest absolute Gasteiger partial charge is 0.493 e. The minimum Gasteiger partial charge on any atom is -0.493 e. The van der Waals surface area contributed by atoms with Crippen LogP contribution in [0.2, 0.25) is 0 Å². The van der Waals surface area contributed by atoms with Crippen LogP contribution >= 0.6 is 0 Å². The van der Waals surface area contributed by atoms with Gasteiger partial charge < -0.3 is 10.1 Å². The van der Waals surface area contributed by atoms with Gasteiger partial charge in [-0.2, -0.15) is 5.10 Å². The van der Waals surface area contributed by atoms with Crippen molar-refractivity contribution in [1.82, 2.24) is 10.2 Å². The molecule has 0 radical (unpaired) electrons. The van der Waals surface area contributed by atoms with Crippen LogP contribution in [0.25, 0.3) is 0 Å². The summed E-state index contributed by atoms with van der Waals surface area (Å²) in [6.07, 6.45) is 2.08. The lowest BCUT2D eigenvalue weighted by Gasteiger charge is -2.05. The van der Waals surface area contributed by atoms with Crippen molar-refractivity contribution in [2.75, 3.05) is 11.9 Å². The minimum absolute atomic E-state index is 0.173. The number of aryl methyl sites for hydroxylation is 1. The Labute approximate surface area is 122 Å². The molecule has 112 valence electrons. The van der Waals surface area contributed by atoms with Gasteiger partial charge in [0.15, 0.2) is 5.82 Å². The molecule has 0 spiro atoms. The summed E-state index contributed by atoms with van der Waals surface area (Å²) < 4.78 is 18.2. The fourth-order valence-corrected chi connectivity index (χ4v) is 1.85. The van der Waals surface area contributed by atoms with Crippen molar-refractivity contribution in [3.8, 4) is 5.75 Å². The highest BCUT2D eigenvalue weighted by Crippen LogP contribution is 2.12. The van der Waals surface area contributed by atoms with Gasteiger partial charge in [-0.3, -0.25) is 9.89 Å². The zero-order valence-electron chi connectivity index (χ0n) is 11.9. The molecule has 0 atom stereocenters. The number of carbonyl (C=O) groups excluding carboxylic acids is 1. The first-order chi connectivity index (χ1) is 10.2. The van der Waals surface area contributed by atoms with E-state index < -0.39 is 0 Å². The number of anilines is 1. The molecule has 5 nitrogen and oxygen atoms in total. The van der Waals surface area contributed by atoms with Crippen LogP contribution in [0.4, 0.5) is 10.2 Å². The standard InChI is InChI=1S/C15H18FN3O2/c1-2-4-12-10-14(19-18-12)17-15(20)7-8-21-13-6-3-5-11(16)9-13/h3,5-6,9-10H,2,4,7-8H2,1H3,(H2,17,18,19,20). The number of halogens is 1.